The van der Waals surface area contributed by atoms with E-state index in [1.807, 2.05) is 12.1 Å². The van der Waals surface area contributed by atoms with Crippen LogP contribution in [-0.2, 0) is 0 Å². The summed E-state index contributed by atoms with van der Waals surface area (Å²) in [7, 11) is 0. The van der Waals surface area contributed by atoms with Gasteiger partial charge in [-0.1, -0.05) is 73.3 Å². The van der Waals surface area contributed by atoms with Crippen LogP contribution in [0.2, 0.25) is 0 Å². The van der Waals surface area contributed by atoms with Gasteiger partial charge in [0.15, 0.2) is 0 Å². The monoisotopic (exact) mass is 291 g/mol. The van der Waals surface area contributed by atoms with E-state index in [4.69, 9.17) is 0 Å². The fraction of sp³-hybridized carbons (Fsp3) is 0.238. The summed E-state index contributed by atoms with van der Waals surface area (Å²) in [5, 5.41) is 0. The molecule has 1 heteroatoms. The maximum absolute atomic E-state index is 3.93. The minimum Gasteiger partial charge on any atom is -0.368 e. The molecule has 0 amide bonds. The number of hydrogen-bond donors (Lipinski definition) is 0. The zero-order valence-corrected chi connectivity index (χ0v) is 13.6. The lowest BCUT2D eigenvalue weighted by Gasteiger charge is -2.30. The van der Waals surface area contributed by atoms with Crippen LogP contribution in [0.4, 0.5) is 5.69 Å². The van der Waals surface area contributed by atoms with Gasteiger partial charge in [-0.25, -0.2) is 0 Å². The Morgan fingerprint density at radius 3 is 2.36 bits per heavy atom. The second-order valence-electron chi connectivity index (χ2n) is 5.65. The largest absolute Gasteiger partial charge is 0.368 e. The van der Waals surface area contributed by atoms with Crippen molar-refractivity contribution in [2.75, 3.05) is 11.4 Å². The van der Waals surface area contributed by atoms with Crippen LogP contribution in [0.3, 0.4) is 0 Å². The molecule has 0 aromatic heterocycles. The molecule has 0 saturated carbocycles. The lowest BCUT2D eigenvalue weighted by atomic mass is 10.1. The van der Waals surface area contributed by atoms with E-state index in [0.29, 0.717) is 6.04 Å². The van der Waals surface area contributed by atoms with E-state index >= 15 is 0 Å². The van der Waals surface area contributed by atoms with Crippen LogP contribution in [0.1, 0.15) is 31.4 Å². The van der Waals surface area contributed by atoms with Gasteiger partial charge in [0, 0.05) is 18.3 Å². The summed E-state index contributed by atoms with van der Waals surface area (Å²) in [6, 6.07) is 19.4. The number of benzene rings is 2. The first-order chi connectivity index (χ1) is 10.7. The van der Waals surface area contributed by atoms with Gasteiger partial charge < -0.3 is 4.90 Å². The molecule has 0 heterocycles. The minimum absolute atomic E-state index is 0.464. The van der Waals surface area contributed by atoms with Crippen molar-refractivity contribution >= 4 is 17.8 Å². The third-order valence-corrected chi connectivity index (χ3v) is 3.74. The fourth-order valence-corrected chi connectivity index (χ4v) is 2.58. The average Bonchev–Trinajstić information content (AvgIpc) is 2.55. The Balaban J connectivity index is 2.04. The van der Waals surface area contributed by atoms with Crippen LogP contribution in [0.15, 0.2) is 67.3 Å². The molecule has 2 aromatic carbocycles. The van der Waals surface area contributed by atoms with Crippen LogP contribution in [0, 0.1) is 0 Å². The standard InChI is InChI=1S/C21H25N/c1-4-20-15-8-9-16-21(20)22(18(2)3)17-11-10-14-19-12-6-5-7-13-19/h4-10,12-16,18H,1,11,17H2,2-3H3. The fourth-order valence-electron chi connectivity index (χ4n) is 2.58. The number of para-hydroxylation sites is 1. The van der Waals surface area contributed by atoms with Gasteiger partial charge in [-0.05, 0) is 37.5 Å². The first-order valence-electron chi connectivity index (χ1n) is 7.92. The predicted octanol–water partition coefficient (Wildman–Crippen LogP) is 5.65. The van der Waals surface area contributed by atoms with E-state index in [9.17, 15) is 0 Å². The van der Waals surface area contributed by atoms with Crippen molar-refractivity contribution in [1.82, 2.24) is 0 Å². The zero-order valence-electron chi connectivity index (χ0n) is 13.6. The van der Waals surface area contributed by atoms with Crippen molar-refractivity contribution in [1.29, 1.82) is 0 Å². The van der Waals surface area contributed by atoms with E-state index in [-0.39, 0.29) is 0 Å². The summed E-state index contributed by atoms with van der Waals surface area (Å²) >= 11 is 0. The maximum Gasteiger partial charge on any atom is 0.0442 e. The molecule has 0 bridgehead atoms. The van der Waals surface area contributed by atoms with E-state index in [0.717, 1.165) is 13.0 Å². The third-order valence-electron chi connectivity index (χ3n) is 3.74. The molecule has 0 aliphatic carbocycles. The molecule has 0 N–H and O–H groups in total. The Labute approximate surface area is 134 Å². The van der Waals surface area contributed by atoms with Crippen molar-refractivity contribution in [3.05, 3.63) is 78.4 Å². The van der Waals surface area contributed by atoms with E-state index in [1.54, 1.807) is 0 Å². The molecule has 2 rings (SSSR count). The predicted molar refractivity (Wildman–Crippen MR) is 99.1 cm³/mol. The average molecular weight is 291 g/mol. The molecule has 0 aliphatic rings. The Morgan fingerprint density at radius 1 is 1.00 bits per heavy atom. The molecule has 22 heavy (non-hydrogen) atoms. The summed E-state index contributed by atoms with van der Waals surface area (Å²) in [5.74, 6) is 0. The molecule has 1 nitrogen and oxygen atoms in total. The summed E-state index contributed by atoms with van der Waals surface area (Å²) in [6.07, 6.45) is 7.40. The van der Waals surface area contributed by atoms with Gasteiger partial charge in [-0.15, -0.1) is 0 Å². The van der Waals surface area contributed by atoms with Crippen molar-refractivity contribution in [3.63, 3.8) is 0 Å². The van der Waals surface area contributed by atoms with Gasteiger partial charge in [0.1, 0.15) is 0 Å². The van der Waals surface area contributed by atoms with Crippen LogP contribution < -0.4 is 4.90 Å². The zero-order chi connectivity index (χ0) is 15.8. The highest BCUT2D eigenvalue weighted by molar-refractivity contribution is 5.67. The van der Waals surface area contributed by atoms with Gasteiger partial charge >= 0.3 is 0 Å². The topological polar surface area (TPSA) is 3.24 Å². The molecular formula is C21H25N. The minimum atomic E-state index is 0.464. The highest BCUT2D eigenvalue weighted by atomic mass is 15.1. The van der Waals surface area contributed by atoms with Crippen molar-refractivity contribution in [2.24, 2.45) is 0 Å². The molecule has 0 radical (unpaired) electrons. The third kappa shape index (κ3) is 4.36. The van der Waals surface area contributed by atoms with Gasteiger partial charge in [-0.2, -0.15) is 0 Å². The normalized spacial score (nSPS) is 11.0. The maximum atomic E-state index is 3.93. The van der Waals surface area contributed by atoms with E-state index in [1.165, 1.54) is 16.8 Å². The molecule has 114 valence electrons. The SMILES string of the molecule is C=Cc1ccccc1N(CCC=Cc1ccccc1)C(C)C. The Morgan fingerprint density at radius 2 is 1.68 bits per heavy atom. The highest BCUT2D eigenvalue weighted by Gasteiger charge is 2.11. The molecule has 0 aliphatic heterocycles. The van der Waals surface area contributed by atoms with Crippen LogP contribution in [0.25, 0.3) is 12.2 Å². The van der Waals surface area contributed by atoms with Gasteiger partial charge in [0.05, 0.1) is 0 Å². The van der Waals surface area contributed by atoms with Crippen LogP contribution in [0.5, 0.6) is 0 Å². The molecular weight excluding hydrogens is 266 g/mol. The number of anilines is 1. The van der Waals surface area contributed by atoms with Crippen molar-refractivity contribution < 1.29 is 0 Å². The first-order valence-corrected chi connectivity index (χ1v) is 7.92. The molecule has 0 spiro atoms. The van der Waals surface area contributed by atoms with Crippen LogP contribution in [-0.4, -0.2) is 12.6 Å². The van der Waals surface area contributed by atoms with Crippen molar-refractivity contribution in [2.45, 2.75) is 26.3 Å². The van der Waals surface area contributed by atoms with Crippen molar-refractivity contribution in [3.8, 4) is 0 Å². The quantitative estimate of drug-likeness (QED) is 0.637. The Hall–Kier alpha value is -2.28. The second-order valence-corrected chi connectivity index (χ2v) is 5.65. The first kappa shape index (κ1) is 16.1. The Bertz CT molecular complexity index is 611. The Kier molecular flexibility index (Phi) is 6.02. The lowest BCUT2D eigenvalue weighted by Crippen LogP contribution is -2.32. The van der Waals surface area contributed by atoms with E-state index in [2.05, 4.69) is 86.0 Å². The summed E-state index contributed by atoms with van der Waals surface area (Å²) in [5.41, 5.74) is 3.72. The molecule has 0 unspecified atom stereocenters. The summed E-state index contributed by atoms with van der Waals surface area (Å²) in [6.45, 7) is 9.41. The molecule has 0 saturated heterocycles. The van der Waals surface area contributed by atoms with Gasteiger partial charge in [0.2, 0.25) is 0 Å². The molecule has 0 atom stereocenters. The highest BCUT2D eigenvalue weighted by Crippen LogP contribution is 2.23. The van der Waals surface area contributed by atoms with Crippen LogP contribution >= 0.6 is 0 Å². The number of rotatable bonds is 7. The van der Waals surface area contributed by atoms with Gasteiger partial charge in [0.25, 0.3) is 0 Å². The van der Waals surface area contributed by atoms with E-state index < -0.39 is 0 Å². The summed E-state index contributed by atoms with van der Waals surface area (Å²) in [4.78, 5) is 2.44. The number of nitrogens with zero attached hydrogens (tertiary/aromatic N) is 1. The molecule has 0 fully saturated rings. The molecule has 2 aromatic rings. The number of hydrogen-bond acceptors (Lipinski definition) is 1. The summed E-state index contributed by atoms with van der Waals surface area (Å²) < 4.78 is 0. The second kappa shape index (κ2) is 8.23. The lowest BCUT2D eigenvalue weighted by molar-refractivity contribution is 0.684. The van der Waals surface area contributed by atoms with Gasteiger partial charge in [-0.3, -0.25) is 0 Å². The smallest absolute Gasteiger partial charge is 0.0442 e.